The summed E-state index contributed by atoms with van der Waals surface area (Å²) in [6, 6.07) is 9.40. The Bertz CT molecular complexity index is 743. The Morgan fingerprint density at radius 1 is 1.35 bits per heavy atom. The topological polar surface area (TPSA) is 68.3 Å². The summed E-state index contributed by atoms with van der Waals surface area (Å²) in [5, 5.41) is 2.76. The van der Waals surface area contributed by atoms with Crippen LogP contribution in [0.1, 0.15) is 23.2 Å². The van der Waals surface area contributed by atoms with Crippen LogP contribution in [-0.4, -0.2) is 30.3 Å². The lowest BCUT2D eigenvalue weighted by Gasteiger charge is -2.10. The van der Waals surface area contributed by atoms with E-state index < -0.39 is 0 Å². The summed E-state index contributed by atoms with van der Waals surface area (Å²) < 4.78 is 5.36. The second-order valence-corrected chi connectivity index (χ2v) is 5.57. The number of pyridine rings is 1. The predicted molar refractivity (Wildman–Crippen MR) is 86.3 cm³/mol. The van der Waals surface area contributed by atoms with Crippen molar-refractivity contribution < 1.29 is 14.3 Å². The summed E-state index contributed by atoms with van der Waals surface area (Å²) >= 11 is 0. The smallest absolute Gasteiger partial charge is 0.223 e. The minimum Gasteiger partial charge on any atom is -0.496 e. The molecule has 3 rings (SSSR count). The van der Waals surface area contributed by atoms with Crippen molar-refractivity contribution in [1.82, 2.24) is 10.3 Å². The molecule has 23 heavy (non-hydrogen) atoms. The molecule has 1 amide bonds. The lowest BCUT2D eigenvalue weighted by atomic mass is 9.96. The van der Waals surface area contributed by atoms with E-state index in [1.165, 1.54) is 0 Å². The number of benzene rings is 1. The van der Waals surface area contributed by atoms with Gasteiger partial charge < -0.3 is 10.1 Å². The first-order valence-electron chi connectivity index (χ1n) is 7.58. The number of methoxy groups -OCH3 is 1. The van der Waals surface area contributed by atoms with Gasteiger partial charge in [0.2, 0.25) is 5.91 Å². The van der Waals surface area contributed by atoms with Crippen LogP contribution in [0.4, 0.5) is 0 Å². The lowest BCUT2D eigenvalue weighted by Crippen LogP contribution is -2.21. The van der Waals surface area contributed by atoms with E-state index in [9.17, 15) is 9.59 Å². The molecular weight excluding hydrogens is 292 g/mol. The van der Waals surface area contributed by atoms with Crippen molar-refractivity contribution >= 4 is 11.7 Å². The summed E-state index contributed by atoms with van der Waals surface area (Å²) in [4.78, 5) is 28.2. The van der Waals surface area contributed by atoms with Crippen molar-refractivity contribution in [2.75, 3.05) is 13.7 Å². The summed E-state index contributed by atoms with van der Waals surface area (Å²) in [5.41, 5.74) is 2.23. The van der Waals surface area contributed by atoms with Crippen LogP contribution in [0.5, 0.6) is 5.75 Å². The van der Waals surface area contributed by atoms with Gasteiger partial charge in [0.05, 0.1) is 7.11 Å². The summed E-state index contributed by atoms with van der Waals surface area (Å²) in [6.07, 6.45) is 4.19. The number of hydrogen-bond donors (Lipinski definition) is 1. The molecule has 1 fully saturated rings. The van der Waals surface area contributed by atoms with E-state index in [1.807, 2.05) is 24.3 Å². The number of nitrogens with one attached hydrogen (secondary N) is 1. The van der Waals surface area contributed by atoms with E-state index >= 15 is 0 Å². The second kappa shape index (κ2) is 6.60. The normalized spacial score (nSPS) is 16.9. The number of amides is 1. The summed E-state index contributed by atoms with van der Waals surface area (Å²) in [6.45, 7) is 0.649. The Hall–Kier alpha value is -2.69. The van der Waals surface area contributed by atoms with E-state index in [1.54, 1.807) is 25.6 Å². The molecule has 2 heterocycles. The van der Waals surface area contributed by atoms with E-state index in [0.717, 1.165) is 16.9 Å². The Balaban J connectivity index is 1.85. The van der Waals surface area contributed by atoms with Gasteiger partial charge in [-0.3, -0.25) is 14.6 Å². The van der Waals surface area contributed by atoms with Gasteiger partial charge in [-0.05, 0) is 18.6 Å². The predicted octanol–water partition coefficient (Wildman–Crippen LogP) is 2.47. The third kappa shape index (κ3) is 3.23. The number of para-hydroxylation sites is 1. The largest absolute Gasteiger partial charge is 0.496 e. The molecule has 5 heteroatoms. The molecule has 5 nitrogen and oxygen atoms in total. The average Bonchev–Trinajstić information content (AvgIpc) is 2.99. The van der Waals surface area contributed by atoms with Crippen LogP contribution in [0.2, 0.25) is 0 Å². The Kier molecular flexibility index (Phi) is 4.37. The quantitative estimate of drug-likeness (QED) is 0.861. The van der Waals surface area contributed by atoms with Gasteiger partial charge in [-0.25, -0.2) is 0 Å². The van der Waals surface area contributed by atoms with Gasteiger partial charge in [0.1, 0.15) is 5.75 Å². The zero-order valence-electron chi connectivity index (χ0n) is 12.9. The molecule has 0 saturated carbocycles. The van der Waals surface area contributed by atoms with Gasteiger partial charge in [-0.1, -0.05) is 18.2 Å². The molecule has 0 aliphatic carbocycles. The minimum atomic E-state index is -0.225. The number of nitrogens with zero attached hydrogens (tertiary/aromatic N) is 1. The summed E-state index contributed by atoms with van der Waals surface area (Å²) in [5.74, 6) is 0.412. The van der Waals surface area contributed by atoms with Crippen molar-refractivity contribution in [3.05, 3.63) is 48.3 Å². The molecular formula is C18H18N2O3. The molecule has 1 saturated heterocycles. The highest BCUT2D eigenvalue weighted by Gasteiger charge is 2.27. The number of rotatable bonds is 5. The number of aromatic nitrogens is 1. The van der Waals surface area contributed by atoms with Crippen LogP contribution < -0.4 is 10.1 Å². The SMILES string of the molecule is COc1ccccc1-c1cncc(C(=O)CC2CCNC2=O)c1. The maximum absolute atomic E-state index is 12.4. The first-order valence-corrected chi connectivity index (χ1v) is 7.58. The molecule has 0 radical (unpaired) electrons. The van der Waals surface area contributed by atoms with Crippen LogP contribution in [0.15, 0.2) is 42.7 Å². The lowest BCUT2D eigenvalue weighted by molar-refractivity contribution is -0.122. The highest BCUT2D eigenvalue weighted by atomic mass is 16.5. The molecule has 1 unspecified atom stereocenters. The molecule has 118 valence electrons. The van der Waals surface area contributed by atoms with Crippen LogP contribution in [0.3, 0.4) is 0 Å². The highest BCUT2D eigenvalue weighted by Crippen LogP contribution is 2.29. The fourth-order valence-electron chi connectivity index (χ4n) is 2.80. The minimum absolute atomic E-state index is 0.0350. The van der Waals surface area contributed by atoms with E-state index in [0.29, 0.717) is 18.5 Å². The maximum Gasteiger partial charge on any atom is 0.223 e. The van der Waals surface area contributed by atoms with Gasteiger partial charge in [-0.2, -0.15) is 0 Å². The number of carbonyl (C=O) groups excluding carboxylic acids is 2. The first kappa shape index (κ1) is 15.2. The van der Waals surface area contributed by atoms with E-state index in [2.05, 4.69) is 10.3 Å². The maximum atomic E-state index is 12.4. The zero-order chi connectivity index (χ0) is 16.2. The third-order valence-electron chi connectivity index (χ3n) is 4.07. The van der Waals surface area contributed by atoms with E-state index in [4.69, 9.17) is 4.74 Å². The third-order valence-corrected chi connectivity index (χ3v) is 4.07. The molecule has 0 spiro atoms. The van der Waals surface area contributed by atoms with Gasteiger partial charge in [0, 0.05) is 48.0 Å². The van der Waals surface area contributed by atoms with E-state index in [-0.39, 0.29) is 24.0 Å². The number of hydrogen-bond acceptors (Lipinski definition) is 4. The Morgan fingerprint density at radius 2 is 2.17 bits per heavy atom. The summed E-state index contributed by atoms with van der Waals surface area (Å²) in [7, 11) is 1.61. The van der Waals surface area contributed by atoms with Gasteiger partial charge in [0.25, 0.3) is 0 Å². The fraction of sp³-hybridized carbons (Fsp3) is 0.278. The van der Waals surface area contributed by atoms with Crippen LogP contribution in [0, 0.1) is 5.92 Å². The zero-order valence-corrected chi connectivity index (χ0v) is 12.9. The molecule has 1 aromatic heterocycles. The average molecular weight is 310 g/mol. The molecule has 2 aromatic rings. The molecule has 1 atom stereocenters. The molecule has 1 aromatic carbocycles. The molecule has 0 bridgehead atoms. The number of ketones is 1. The van der Waals surface area contributed by atoms with Crippen molar-refractivity contribution in [3.63, 3.8) is 0 Å². The van der Waals surface area contributed by atoms with Crippen LogP contribution >= 0.6 is 0 Å². The fourth-order valence-corrected chi connectivity index (χ4v) is 2.80. The van der Waals surface area contributed by atoms with Gasteiger partial charge >= 0.3 is 0 Å². The molecule has 1 N–H and O–H groups in total. The molecule has 1 aliphatic rings. The number of ether oxygens (including phenoxy) is 1. The Morgan fingerprint density at radius 3 is 2.91 bits per heavy atom. The second-order valence-electron chi connectivity index (χ2n) is 5.57. The van der Waals surface area contributed by atoms with Crippen molar-refractivity contribution in [2.24, 2.45) is 5.92 Å². The number of carbonyl (C=O) groups is 2. The van der Waals surface area contributed by atoms with Crippen LogP contribution in [0.25, 0.3) is 11.1 Å². The Labute approximate surface area is 134 Å². The van der Waals surface area contributed by atoms with Crippen molar-refractivity contribution in [2.45, 2.75) is 12.8 Å². The van der Waals surface area contributed by atoms with Crippen molar-refractivity contribution in [3.8, 4) is 16.9 Å². The van der Waals surface area contributed by atoms with Crippen LogP contribution in [-0.2, 0) is 4.79 Å². The highest BCUT2D eigenvalue weighted by molar-refractivity contribution is 5.99. The first-order chi connectivity index (χ1) is 11.2. The number of Topliss-reactive ketones (excluding diaryl/α,β-unsaturated/α-hetero) is 1. The van der Waals surface area contributed by atoms with Gasteiger partial charge in [-0.15, -0.1) is 0 Å². The van der Waals surface area contributed by atoms with Gasteiger partial charge in [0.15, 0.2) is 5.78 Å². The van der Waals surface area contributed by atoms with Crippen molar-refractivity contribution in [1.29, 1.82) is 0 Å². The standard InChI is InChI=1S/C18H18N2O3/c1-23-17-5-3-2-4-15(17)13-8-14(11-19-10-13)16(21)9-12-6-7-20-18(12)22/h2-5,8,10-12H,6-7,9H2,1H3,(H,20,22). The monoisotopic (exact) mass is 310 g/mol. The molecule has 1 aliphatic heterocycles.